The maximum atomic E-state index is 11.0. The summed E-state index contributed by atoms with van der Waals surface area (Å²) in [6.07, 6.45) is 4.92. The molecule has 0 saturated carbocycles. The number of rotatable bonds is 7. The molecule has 0 heterocycles. The fourth-order valence-corrected chi connectivity index (χ4v) is 1.15. The van der Waals surface area contributed by atoms with E-state index in [4.69, 9.17) is 0 Å². The molecule has 0 unspecified atom stereocenters. The molecule has 0 atom stereocenters. The molecule has 0 saturated heterocycles. The Bertz CT molecular complexity index is 117. The van der Waals surface area contributed by atoms with Gasteiger partial charge in [0.05, 0.1) is 0 Å². The number of hydrogen-bond donors (Lipinski definition) is 2. The highest BCUT2D eigenvalue weighted by atomic mass is 32.1. The molecule has 72 valence electrons. The molecule has 2 nitrogen and oxygen atoms in total. The number of amides is 1. The van der Waals surface area contributed by atoms with Gasteiger partial charge in [0.25, 0.3) is 0 Å². The van der Waals surface area contributed by atoms with Gasteiger partial charge in [-0.25, -0.2) is 0 Å². The normalized spacial score (nSPS) is 9.83. The third-order valence-electron chi connectivity index (χ3n) is 1.63. The maximum absolute atomic E-state index is 11.0. The Morgan fingerprint density at radius 3 is 2.67 bits per heavy atom. The summed E-state index contributed by atoms with van der Waals surface area (Å²) in [7, 11) is 0. The van der Waals surface area contributed by atoms with E-state index in [1.807, 2.05) is 0 Å². The second-order valence-electron chi connectivity index (χ2n) is 2.88. The van der Waals surface area contributed by atoms with E-state index in [0.29, 0.717) is 6.42 Å². The van der Waals surface area contributed by atoms with E-state index in [1.54, 1.807) is 0 Å². The van der Waals surface area contributed by atoms with Crippen molar-refractivity contribution in [1.29, 1.82) is 0 Å². The summed E-state index contributed by atoms with van der Waals surface area (Å²) in [5.41, 5.74) is 0. The molecule has 0 aliphatic carbocycles. The molecule has 0 aromatic heterocycles. The minimum Gasteiger partial charge on any atom is -0.356 e. The number of nitrogens with one attached hydrogen (secondary N) is 1. The van der Waals surface area contributed by atoms with Crippen LogP contribution in [0.1, 0.15) is 39.0 Å². The van der Waals surface area contributed by atoms with Crippen LogP contribution in [0.5, 0.6) is 0 Å². The van der Waals surface area contributed by atoms with Crippen LogP contribution in [-0.2, 0) is 4.79 Å². The van der Waals surface area contributed by atoms with Crippen molar-refractivity contribution in [2.75, 3.05) is 12.3 Å². The minimum absolute atomic E-state index is 0.191. The van der Waals surface area contributed by atoms with Crippen molar-refractivity contribution in [3.63, 3.8) is 0 Å². The Hall–Kier alpha value is -0.180. The van der Waals surface area contributed by atoms with Crippen molar-refractivity contribution < 1.29 is 4.79 Å². The molecule has 1 amide bonds. The SMILES string of the molecule is CCCNC(=O)CCCCCS. The molecule has 3 heteroatoms. The van der Waals surface area contributed by atoms with Crippen LogP contribution in [0.4, 0.5) is 0 Å². The molecular formula is C9H19NOS. The van der Waals surface area contributed by atoms with Gasteiger partial charge in [-0.3, -0.25) is 4.79 Å². The van der Waals surface area contributed by atoms with Crippen molar-refractivity contribution in [1.82, 2.24) is 5.32 Å². The molecule has 0 spiro atoms. The minimum atomic E-state index is 0.191. The van der Waals surface area contributed by atoms with Gasteiger partial charge in [0, 0.05) is 13.0 Å². The number of carbonyl (C=O) groups is 1. The van der Waals surface area contributed by atoms with Gasteiger partial charge in [0.1, 0.15) is 0 Å². The van der Waals surface area contributed by atoms with Gasteiger partial charge in [0.15, 0.2) is 0 Å². The van der Waals surface area contributed by atoms with Crippen LogP contribution in [0.25, 0.3) is 0 Å². The fourth-order valence-electron chi connectivity index (χ4n) is 0.927. The number of thiol groups is 1. The first-order valence-corrected chi connectivity index (χ1v) is 5.32. The Morgan fingerprint density at radius 1 is 1.33 bits per heavy atom. The number of carbonyl (C=O) groups excluding carboxylic acids is 1. The van der Waals surface area contributed by atoms with E-state index in [2.05, 4.69) is 24.9 Å². The second kappa shape index (κ2) is 8.91. The molecule has 12 heavy (non-hydrogen) atoms. The Balaban J connectivity index is 3.08. The molecule has 1 N–H and O–H groups in total. The maximum Gasteiger partial charge on any atom is 0.219 e. The molecule has 0 rings (SSSR count). The fraction of sp³-hybridized carbons (Fsp3) is 0.889. The first-order chi connectivity index (χ1) is 5.81. The summed E-state index contributed by atoms with van der Waals surface area (Å²) < 4.78 is 0. The second-order valence-corrected chi connectivity index (χ2v) is 3.33. The quantitative estimate of drug-likeness (QED) is 0.465. The summed E-state index contributed by atoms with van der Waals surface area (Å²) >= 11 is 4.10. The van der Waals surface area contributed by atoms with Crippen molar-refractivity contribution in [2.24, 2.45) is 0 Å². The van der Waals surface area contributed by atoms with E-state index >= 15 is 0 Å². The Morgan fingerprint density at radius 2 is 2.08 bits per heavy atom. The number of hydrogen-bond acceptors (Lipinski definition) is 2. The van der Waals surface area contributed by atoms with Gasteiger partial charge in [-0.2, -0.15) is 12.6 Å². The van der Waals surface area contributed by atoms with E-state index in [0.717, 1.165) is 38.0 Å². The van der Waals surface area contributed by atoms with Crippen LogP contribution in [0.15, 0.2) is 0 Å². The van der Waals surface area contributed by atoms with Crippen molar-refractivity contribution >= 4 is 18.5 Å². The summed E-state index contributed by atoms with van der Waals surface area (Å²) in [5, 5.41) is 2.85. The monoisotopic (exact) mass is 189 g/mol. The molecule has 0 bridgehead atoms. The summed E-state index contributed by atoms with van der Waals surface area (Å²) in [6.45, 7) is 2.87. The van der Waals surface area contributed by atoms with Crippen LogP contribution in [0.2, 0.25) is 0 Å². The highest BCUT2D eigenvalue weighted by Gasteiger charge is 1.98. The van der Waals surface area contributed by atoms with Gasteiger partial charge in [-0.15, -0.1) is 0 Å². The lowest BCUT2D eigenvalue weighted by Gasteiger charge is -2.02. The third kappa shape index (κ3) is 7.92. The van der Waals surface area contributed by atoms with Gasteiger partial charge >= 0.3 is 0 Å². The zero-order valence-electron chi connectivity index (χ0n) is 7.81. The summed E-state index contributed by atoms with van der Waals surface area (Å²) in [6, 6.07) is 0. The molecule has 0 fully saturated rings. The molecule has 0 aromatic carbocycles. The Kier molecular flexibility index (Phi) is 8.78. The zero-order chi connectivity index (χ0) is 9.23. The lowest BCUT2D eigenvalue weighted by molar-refractivity contribution is -0.121. The van der Waals surface area contributed by atoms with Crippen LogP contribution in [0.3, 0.4) is 0 Å². The van der Waals surface area contributed by atoms with Crippen LogP contribution < -0.4 is 5.32 Å². The Labute approximate surface area is 80.5 Å². The number of unbranched alkanes of at least 4 members (excludes halogenated alkanes) is 2. The van der Waals surface area contributed by atoms with E-state index in [-0.39, 0.29) is 5.91 Å². The molecule has 0 aromatic rings. The largest absolute Gasteiger partial charge is 0.356 e. The van der Waals surface area contributed by atoms with E-state index in [9.17, 15) is 4.79 Å². The van der Waals surface area contributed by atoms with Gasteiger partial charge < -0.3 is 5.32 Å². The summed E-state index contributed by atoms with van der Waals surface area (Å²) in [4.78, 5) is 11.0. The first kappa shape index (κ1) is 11.8. The van der Waals surface area contributed by atoms with Gasteiger partial charge in [-0.05, 0) is 25.0 Å². The van der Waals surface area contributed by atoms with Crippen LogP contribution >= 0.6 is 12.6 Å². The topological polar surface area (TPSA) is 29.1 Å². The third-order valence-corrected chi connectivity index (χ3v) is 1.95. The lowest BCUT2D eigenvalue weighted by atomic mass is 10.2. The lowest BCUT2D eigenvalue weighted by Crippen LogP contribution is -2.23. The molecule has 0 radical (unpaired) electrons. The molecule has 0 aliphatic rings. The smallest absolute Gasteiger partial charge is 0.219 e. The molecule has 0 aliphatic heterocycles. The highest BCUT2D eigenvalue weighted by Crippen LogP contribution is 2.00. The van der Waals surface area contributed by atoms with Crippen molar-refractivity contribution in [2.45, 2.75) is 39.0 Å². The average Bonchev–Trinajstić information content (AvgIpc) is 2.09. The predicted octanol–water partition coefficient (Wildman–Crippen LogP) is 2.00. The standard InChI is InChI=1S/C9H19NOS/c1-2-7-10-9(11)6-4-3-5-8-12/h12H,2-8H2,1H3,(H,10,11). The van der Waals surface area contributed by atoms with E-state index < -0.39 is 0 Å². The predicted molar refractivity (Wildman–Crippen MR) is 55.6 cm³/mol. The van der Waals surface area contributed by atoms with Crippen molar-refractivity contribution in [3.05, 3.63) is 0 Å². The van der Waals surface area contributed by atoms with Crippen LogP contribution in [-0.4, -0.2) is 18.2 Å². The van der Waals surface area contributed by atoms with Gasteiger partial charge in [-0.1, -0.05) is 13.3 Å². The van der Waals surface area contributed by atoms with Crippen molar-refractivity contribution in [3.8, 4) is 0 Å². The summed E-state index contributed by atoms with van der Waals surface area (Å²) in [5.74, 6) is 1.12. The highest BCUT2D eigenvalue weighted by molar-refractivity contribution is 7.80. The molecular weight excluding hydrogens is 170 g/mol. The van der Waals surface area contributed by atoms with Crippen LogP contribution in [0, 0.1) is 0 Å². The zero-order valence-corrected chi connectivity index (χ0v) is 8.70. The van der Waals surface area contributed by atoms with Gasteiger partial charge in [0.2, 0.25) is 5.91 Å². The van der Waals surface area contributed by atoms with E-state index in [1.165, 1.54) is 0 Å². The average molecular weight is 189 g/mol. The first-order valence-electron chi connectivity index (χ1n) is 4.68.